The van der Waals surface area contributed by atoms with Gasteiger partial charge in [0, 0.05) is 0 Å². The van der Waals surface area contributed by atoms with Crippen LogP contribution in [0.3, 0.4) is 0 Å². The summed E-state index contributed by atoms with van der Waals surface area (Å²) in [6.07, 6.45) is 5.42. The molecule has 0 aromatic heterocycles. The van der Waals surface area contributed by atoms with Gasteiger partial charge in [-0.3, -0.25) is 4.79 Å². The van der Waals surface area contributed by atoms with Gasteiger partial charge in [-0.15, -0.1) is 0 Å². The molecule has 104 valence electrons. The second-order valence-corrected chi connectivity index (χ2v) is 4.59. The molecule has 0 atom stereocenters. The first kappa shape index (κ1) is 13.2. The SMILES string of the molecule is COc1ccc2c(c1)C(=O)/C(=C\C=C\c1ccccc1)O2. The van der Waals surface area contributed by atoms with Crippen LogP contribution in [0.2, 0.25) is 0 Å². The molecule has 1 heterocycles. The van der Waals surface area contributed by atoms with Gasteiger partial charge in [-0.05, 0) is 29.8 Å². The predicted molar refractivity (Wildman–Crippen MR) is 81.5 cm³/mol. The Morgan fingerprint density at radius 2 is 1.90 bits per heavy atom. The van der Waals surface area contributed by atoms with Crippen LogP contribution in [0.4, 0.5) is 0 Å². The Morgan fingerprint density at radius 3 is 2.67 bits per heavy atom. The minimum Gasteiger partial charge on any atom is -0.497 e. The molecular formula is C18H14O3. The van der Waals surface area contributed by atoms with Crippen molar-refractivity contribution in [3.63, 3.8) is 0 Å². The first-order valence-electron chi connectivity index (χ1n) is 6.62. The number of carbonyl (C=O) groups excluding carboxylic acids is 1. The van der Waals surface area contributed by atoms with Crippen LogP contribution in [0.15, 0.2) is 66.4 Å². The van der Waals surface area contributed by atoms with Gasteiger partial charge < -0.3 is 9.47 Å². The van der Waals surface area contributed by atoms with Crippen LogP contribution in [-0.2, 0) is 0 Å². The van der Waals surface area contributed by atoms with Gasteiger partial charge in [-0.25, -0.2) is 0 Å². The Labute approximate surface area is 123 Å². The van der Waals surface area contributed by atoms with E-state index in [-0.39, 0.29) is 5.78 Å². The van der Waals surface area contributed by atoms with E-state index in [2.05, 4.69) is 0 Å². The average molecular weight is 278 g/mol. The molecule has 0 unspecified atom stereocenters. The maximum atomic E-state index is 12.2. The number of Topliss-reactive ketones (excluding diaryl/α,β-unsaturated/α-hetero) is 1. The molecule has 0 spiro atoms. The van der Waals surface area contributed by atoms with Crippen molar-refractivity contribution in [1.29, 1.82) is 0 Å². The Bertz CT molecular complexity index is 727. The highest BCUT2D eigenvalue weighted by atomic mass is 16.5. The third-order valence-electron chi connectivity index (χ3n) is 3.21. The number of benzene rings is 2. The van der Waals surface area contributed by atoms with Crippen molar-refractivity contribution < 1.29 is 14.3 Å². The van der Waals surface area contributed by atoms with Crippen LogP contribution in [-0.4, -0.2) is 12.9 Å². The molecular weight excluding hydrogens is 264 g/mol. The van der Waals surface area contributed by atoms with Crippen LogP contribution >= 0.6 is 0 Å². The second kappa shape index (κ2) is 5.67. The summed E-state index contributed by atoms with van der Waals surface area (Å²) >= 11 is 0. The number of hydrogen-bond donors (Lipinski definition) is 0. The molecule has 21 heavy (non-hydrogen) atoms. The van der Waals surface area contributed by atoms with Crippen LogP contribution < -0.4 is 9.47 Å². The lowest BCUT2D eigenvalue weighted by molar-refractivity contribution is 0.101. The number of fused-ring (bicyclic) bond motifs is 1. The molecule has 0 aliphatic carbocycles. The molecule has 0 N–H and O–H groups in total. The summed E-state index contributed by atoms with van der Waals surface area (Å²) in [6.45, 7) is 0. The molecule has 2 aromatic carbocycles. The summed E-state index contributed by atoms with van der Waals surface area (Å²) in [7, 11) is 1.57. The number of methoxy groups -OCH3 is 1. The monoisotopic (exact) mass is 278 g/mol. The summed E-state index contributed by atoms with van der Waals surface area (Å²) in [5.74, 6) is 1.42. The summed E-state index contributed by atoms with van der Waals surface area (Å²) in [5, 5.41) is 0. The molecule has 0 radical (unpaired) electrons. The normalized spacial score (nSPS) is 15.3. The van der Waals surface area contributed by atoms with Gasteiger partial charge in [0.1, 0.15) is 11.5 Å². The number of rotatable bonds is 3. The van der Waals surface area contributed by atoms with E-state index in [4.69, 9.17) is 9.47 Å². The first-order chi connectivity index (χ1) is 10.3. The summed E-state index contributed by atoms with van der Waals surface area (Å²) in [5.41, 5.74) is 1.60. The topological polar surface area (TPSA) is 35.5 Å². The van der Waals surface area contributed by atoms with Gasteiger partial charge in [-0.2, -0.15) is 0 Å². The fraction of sp³-hybridized carbons (Fsp3) is 0.0556. The number of ketones is 1. The quantitative estimate of drug-likeness (QED) is 0.800. The molecule has 3 heteroatoms. The van der Waals surface area contributed by atoms with Gasteiger partial charge in [-0.1, -0.05) is 42.5 Å². The van der Waals surface area contributed by atoms with Crippen LogP contribution in [0.1, 0.15) is 15.9 Å². The maximum absolute atomic E-state index is 12.2. The van der Waals surface area contributed by atoms with Crippen molar-refractivity contribution in [3.05, 3.63) is 77.6 Å². The van der Waals surface area contributed by atoms with Crippen LogP contribution in [0, 0.1) is 0 Å². The molecule has 3 rings (SSSR count). The number of ether oxygens (including phenoxy) is 2. The van der Waals surface area contributed by atoms with Crippen molar-refractivity contribution >= 4 is 11.9 Å². The predicted octanol–water partition coefficient (Wildman–Crippen LogP) is 3.87. The second-order valence-electron chi connectivity index (χ2n) is 4.59. The maximum Gasteiger partial charge on any atom is 0.232 e. The van der Waals surface area contributed by atoms with E-state index in [0.717, 1.165) is 5.56 Å². The van der Waals surface area contributed by atoms with Gasteiger partial charge in [0.15, 0.2) is 5.76 Å². The van der Waals surface area contributed by atoms with E-state index in [1.165, 1.54) is 0 Å². The summed E-state index contributed by atoms with van der Waals surface area (Å²) < 4.78 is 10.7. The largest absolute Gasteiger partial charge is 0.497 e. The standard InChI is InChI=1S/C18H14O3/c1-20-14-10-11-16-15(12-14)18(19)17(21-16)9-5-8-13-6-3-2-4-7-13/h2-12H,1H3/b8-5+,17-9+. The highest BCUT2D eigenvalue weighted by molar-refractivity contribution is 6.12. The van der Waals surface area contributed by atoms with Crippen molar-refractivity contribution in [2.45, 2.75) is 0 Å². The molecule has 0 bridgehead atoms. The number of hydrogen-bond acceptors (Lipinski definition) is 3. The van der Waals surface area contributed by atoms with Gasteiger partial charge >= 0.3 is 0 Å². The zero-order valence-electron chi connectivity index (χ0n) is 11.6. The van der Waals surface area contributed by atoms with Crippen molar-refractivity contribution in [2.75, 3.05) is 7.11 Å². The van der Waals surface area contributed by atoms with Crippen molar-refractivity contribution in [2.24, 2.45) is 0 Å². The summed E-state index contributed by atoms with van der Waals surface area (Å²) in [6, 6.07) is 15.1. The van der Waals surface area contributed by atoms with Crippen LogP contribution in [0.5, 0.6) is 11.5 Å². The third kappa shape index (κ3) is 2.72. The Morgan fingerprint density at radius 1 is 1.10 bits per heavy atom. The molecule has 0 saturated heterocycles. The van der Waals surface area contributed by atoms with Crippen molar-refractivity contribution in [3.8, 4) is 11.5 Å². The van der Waals surface area contributed by atoms with E-state index in [0.29, 0.717) is 22.8 Å². The minimum atomic E-state index is -0.124. The Balaban J connectivity index is 1.81. The lowest BCUT2D eigenvalue weighted by atomic mass is 10.1. The summed E-state index contributed by atoms with van der Waals surface area (Å²) in [4.78, 5) is 12.2. The smallest absolute Gasteiger partial charge is 0.232 e. The lowest BCUT2D eigenvalue weighted by Gasteiger charge is -2.00. The zero-order valence-corrected chi connectivity index (χ0v) is 11.6. The average Bonchev–Trinajstić information content (AvgIpc) is 2.84. The zero-order chi connectivity index (χ0) is 14.7. The fourth-order valence-corrected chi connectivity index (χ4v) is 2.12. The molecule has 0 saturated carbocycles. The van der Waals surface area contributed by atoms with E-state index >= 15 is 0 Å². The van der Waals surface area contributed by atoms with Gasteiger partial charge in [0.05, 0.1) is 12.7 Å². The van der Waals surface area contributed by atoms with E-state index in [1.54, 1.807) is 31.4 Å². The Hall–Kier alpha value is -2.81. The first-order valence-corrected chi connectivity index (χ1v) is 6.62. The highest BCUT2D eigenvalue weighted by Gasteiger charge is 2.27. The van der Waals surface area contributed by atoms with E-state index < -0.39 is 0 Å². The number of allylic oxidation sites excluding steroid dienone is 3. The molecule has 0 fully saturated rings. The van der Waals surface area contributed by atoms with Gasteiger partial charge in [0.25, 0.3) is 0 Å². The molecule has 1 aliphatic rings. The highest BCUT2D eigenvalue weighted by Crippen LogP contribution is 2.33. The van der Waals surface area contributed by atoms with Gasteiger partial charge in [0.2, 0.25) is 5.78 Å². The van der Waals surface area contributed by atoms with Crippen molar-refractivity contribution in [1.82, 2.24) is 0 Å². The number of carbonyl (C=O) groups is 1. The fourth-order valence-electron chi connectivity index (χ4n) is 2.12. The molecule has 0 amide bonds. The molecule has 1 aliphatic heterocycles. The van der Waals surface area contributed by atoms with E-state index in [9.17, 15) is 4.79 Å². The lowest BCUT2D eigenvalue weighted by Crippen LogP contribution is -1.97. The molecule has 3 nitrogen and oxygen atoms in total. The Kier molecular flexibility index (Phi) is 3.56. The molecule has 2 aromatic rings. The van der Waals surface area contributed by atoms with Crippen LogP contribution in [0.25, 0.3) is 6.08 Å². The third-order valence-corrected chi connectivity index (χ3v) is 3.21. The van der Waals surface area contributed by atoms with E-state index in [1.807, 2.05) is 42.5 Å². The minimum absolute atomic E-state index is 0.124.